The Kier molecular flexibility index (Phi) is 3.54. The molecular weight excluding hydrogens is 232 g/mol. The smallest absolute Gasteiger partial charge is 0.261 e. The van der Waals surface area contributed by atoms with Gasteiger partial charge in [-0.05, 0) is 44.2 Å². The lowest BCUT2D eigenvalue weighted by Gasteiger charge is -2.29. The number of carbonyl (C=O) groups is 1. The van der Waals surface area contributed by atoms with E-state index in [9.17, 15) is 4.79 Å². The number of hydrogen-bond acceptors (Lipinski definition) is 3. The summed E-state index contributed by atoms with van der Waals surface area (Å²) in [5.74, 6) is 0.580. The topological polar surface area (TPSA) is 55.1 Å². The number of thiophene rings is 1. The molecule has 0 bridgehead atoms. The van der Waals surface area contributed by atoms with Crippen molar-refractivity contribution in [2.45, 2.75) is 38.6 Å². The zero-order valence-corrected chi connectivity index (χ0v) is 11.3. The normalized spacial score (nSPS) is 18.8. The first-order valence-corrected chi connectivity index (χ1v) is 7.02. The molecule has 0 radical (unpaired) electrons. The van der Waals surface area contributed by atoms with Crippen molar-refractivity contribution < 1.29 is 4.79 Å². The highest BCUT2D eigenvalue weighted by atomic mass is 32.1. The lowest BCUT2D eigenvalue weighted by atomic mass is 9.96. The molecule has 2 rings (SSSR count). The summed E-state index contributed by atoms with van der Waals surface area (Å²) in [6.45, 7) is 4.66. The second kappa shape index (κ2) is 4.78. The molecule has 1 fully saturated rings. The Morgan fingerprint density at radius 1 is 1.59 bits per heavy atom. The van der Waals surface area contributed by atoms with Gasteiger partial charge in [0, 0.05) is 11.4 Å². The molecule has 1 saturated carbocycles. The molecule has 1 aliphatic rings. The van der Waals surface area contributed by atoms with Crippen molar-refractivity contribution in [2.75, 3.05) is 6.54 Å². The highest BCUT2D eigenvalue weighted by Gasteiger charge is 2.41. The summed E-state index contributed by atoms with van der Waals surface area (Å²) in [6, 6.07) is 3.93. The Labute approximate surface area is 106 Å². The van der Waals surface area contributed by atoms with Crippen molar-refractivity contribution in [2.24, 2.45) is 11.7 Å². The Balaban J connectivity index is 2.05. The average molecular weight is 252 g/mol. The van der Waals surface area contributed by atoms with Crippen LogP contribution >= 0.6 is 11.3 Å². The number of aryl methyl sites for hydroxylation is 1. The number of hydrogen-bond donors (Lipinski definition) is 2. The van der Waals surface area contributed by atoms with E-state index in [4.69, 9.17) is 5.73 Å². The summed E-state index contributed by atoms with van der Waals surface area (Å²) >= 11 is 1.57. The van der Waals surface area contributed by atoms with Crippen molar-refractivity contribution >= 4 is 17.2 Å². The van der Waals surface area contributed by atoms with Crippen molar-refractivity contribution in [1.82, 2.24) is 5.32 Å². The Hall–Kier alpha value is -0.870. The van der Waals surface area contributed by atoms with Crippen molar-refractivity contribution in [3.63, 3.8) is 0 Å². The van der Waals surface area contributed by atoms with Gasteiger partial charge in [-0.3, -0.25) is 4.79 Å². The molecule has 0 aliphatic heterocycles. The molecule has 1 aliphatic carbocycles. The van der Waals surface area contributed by atoms with Crippen LogP contribution in [-0.2, 0) is 6.42 Å². The maximum absolute atomic E-state index is 12.1. The minimum atomic E-state index is -0.229. The largest absolute Gasteiger partial charge is 0.345 e. The molecule has 3 N–H and O–H groups in total. The van der Waals surface area contributed by atoms with Crippen LogP contribution < -0.4 is 11.1 Å². The number of amides is 1. The van der Waals surface area contributed by atoms with E-state index < -0.39 is 0 Å². The van der Waals surface area contributed by atoms with E-state index in [0.717, 1.165) is 11.3 Å². The van der Waals surface area contributed by atoms with Crippen molar-refractivity contribution in [3.8, 4) is 0 Å². The van der Waals surface area contributed by atoms with Gasteiger partial charge in [-0.25, -0.2) is 0 Å². The first-order chi connectivity index (χ1) is 8.09. The van der Waals surface area contributed by atoms with Crippen LogP contribution in [0.1, 0.15) is 41.2 Å². The molecule has 0 aromatic carbocycles. The van der Waals surface area contributed by atoms with E-state index in [1.165, 1.54) is 17.7 Å². The molecule has 1 heterocycles. The van der Waals surface area contributed by atoms with Crippen LogP contribution in [0.25, 0.3) is 0 Å². The number of nitrogens with one attached hydrogen (secondary N) is 1. The van der Waals surface area contributed by atoms with Crippen molar-refractivity contribution in [3.05, 3.63) is 21.9 Å². The minimum absolute atomic E-state index is 0.0227. The van der Waals surface area contributed by atoms with Gasteiger partial charge in [0.05, 0.1) is 10.4 Å². The van der Waals surface area contributed by atoms with Gasteiger partial charge < -0.3 is 11.1 Å². The minimum Gasteiger partial charge on any atom is -0.345 e. The molecule has 1 aromatic heterocycles. The van der Waals surface area contributed by atoms with Crippen LogP contribution in [0.2, 0.25) is 0 Å². The predicted octanol–water partition coefficient (Wildman–Crippen LogP) is 2.17. The van der Waals surface area contributed by atoms with Gasteiger partial charge in [0.15, 0.2) is 0 Å². The Bertz CT molecular complexity index is 411. The van der Waals surface area contributed by atoms with Crippen molar-refractivity contribution in [1.29, 1.82) is 0 Å². The predicted molar refractivity (Wildman–Crippen MR) is 71.3 cm³/mol. The maximum atomic E-state index is 12.1. The van der Waals surface area contributed by atoms with Crippen LogP contribution in [0.3, 0.4) is 0 Å². The Morgan fingerprint density at radius 2 is 2.29 bits per heavy atom. The zero-order chi connectivity index (χ0) is 12.5. The van der Waals surface area contributed by atoms with E-state index in [0.29, 0.717) is 12.5 Å². The number of rotatable bonds is 5. The summed E-state index contributed by atoms with van der Waals surface area (Å²) in [4.78, 5) is 14.2. The third-order valence-electron chi connectivity index (χ3n) is 3.54. The zero-order valence-electron chi connectivity index (χ0n) is 10.5. The van der Waals surface area contributed by atoms with Gasteiger partial charge in [-0.1, -0.05) is 6.92 Å². The van der Waals surface area contributed by atoms with Gasteiger partial charge in [-0.2, -0.15) is 0 Å². The van der Waals surface area contributed by atoms with Crippen LogP contribution in [0, 0.1) is 5.92 Å². The molecule has 94 valence electrons. The molecule has 0 spiro atoms. The second-order valence-corrected chi connectivity index (χ2v) is 6.14. The lowest BCUT2D eigenvalue weighted by Crippen LogP contribution is -2.53. The maximum Gasteiger partial charge on any atom is 0.261 e. The Morgan fingerprint density at radius 3 is 2.76 bits per heavy atom. The van der Waals surface area contributed by atoms with Gasteiger partial charge in [-0.15, -0.1) is 11.3 Å². The van der Waals surface area contributed by atoms with E-state index in [1.54, 1.807) is 11.3 Å². The van der Waals surface area contributed by atoms with Crippen LogP contribution in [0.15, 0.2) is 12.1 Å². The summed E-state index contributed by atoms with van der Waals surface area (Å²) in [7, 11) is 0. The molecule has 1 amide bonds. The molecule has 17 heavy (non-hydrogen) atoms. The molecule has 1 atom stereocenters. The van der Waals surface area contributed by atoms with E-state index in [-0.39, 0.29) is 11.4 Å². The third kappa shape index (κ3) is 2.69. The third-order valence-corrected chi connectivity index (χ3v) is 4.76. The fourth-order valence-corrected chi connectivity index (χ4v) is 2.89. The monoisotopic (exact) mass is 252 g/mol. The highest BCUT2D eigenvalue weighted by Crippen LogP contribution is 2.39. The van der Waals surface area contributed by atoms with Crippen LogP contribution in [0.4, 0.5) is 0 Å². The summed E-state index contributed by atoms with van der Waals surface area (Å²) in [5, 5.41) is 3.11. The highest BCUT2D eigenvalue weighted by molar-refractivity contribution is 7.14. The number of carbonyl (C=O) groups excluding carboxylic acids is 1. The molecule has 0 saturated heterocycles. The molecule has 3 nitrogen and oxygen atoms in total. The number of nitrogens with two attached hydrogens (primary N) is 1. The molecule has 1 aromatic rings. The van der Waals surface area contributed by atoms with Gasteiger partial charge >= 0.3 is 0 Å². The quantitative estimate of drug-likeness (QED) is 0.844. The van der Waals surface area contributed by atoms with Gasteiger partial charge in [0.2, 0.25) is 0 Å². The molecule has 1 unspecified atom stereocenters. The van der Waals surface area contributed by atoms with E-state index in [1.807, 2.05) is 12.1 Å². The first-order valence-electron chi connectivity index (χ1n) is 6.20. The molecule has 4 heteroatoms. The average Bonchev–Trinajstić information content (AvgIpc) is 3.07. The first kappa shape index (κ1) is 12.6. The molecular formula is C13H20N2OS. The fourth-order valence-electron chi connectivity index (χ4n) is 2.05. The second-order valence-electron chi connectivity index (χ2n) is 4.97. The van der Waals surface area contributed by atoms with E-state index in [2.05, 4.69) is 19.2 Å². The SMILES string of the molecule is CCc1ccc(C(=O)NC(C)(CN)C2CC2)s1. The summed E-state index contributed by atoms with van der Waals surface area (Å²) in [6.07, 6.45) is 3.34. The fraction of sp³-hybridized carbons (Fsp3) is 0.615. The summed E-state index contributed by atoms with van der Waals surface area (Å²) in [5.41, 5.74) is 5.57. The van der Waals surface area contributed by atoms with Gasteiger partial charge in [0.25, 0.3) is 5.91 Å². The lowest BCUT2D eigenvalue weighted by molar-refractivity contribution is 0.0902. The van der Waals surface area contributed by atoms with Crippen LogP contribution in [-0.4, -0.2) is 18.0 Å². The standard InChI is InChI=1S/C13H20N2OS/c1-3-10-6-7-11(17-10)12(16)15-13(2,8-14)9-4-5-9/h6-7,9H,3-5,8,14H2,1-2H3,(H,15,16). The summed E-state index contributed by atoms with van der Waals surface area (Å²) < 4.78 is 0. The van der Waals surface area contributed by atoms with Gasteiger partial charge in [0.1, 0.15) is 0 Å². The van der Waals surface area contributed by atoms with Crippen LogP contribution in [0.5, 0.6) is 0 Å². The van der Waals surface area contributed by atoms with E-state index >= 15 is 0 Å².